The molecule has 6 nitrogen and oxygen atoms in total. The molecule has 0 saturated carbocycles. The summed E-state index contributed by atoms with van der Waals surface area (Å²) in [6, 6.07) is 4.23. The molecule has 0 heterocycles. The number of methoxy groups -OCH3 is 1. The number of nitrogens with zero attached hydrogens (tertiary/aromatic N) is 1. The maximum Gasteiger partial charge on any atom is 0.308 e. The Morgan fingerprint density at radius 3 is 2.71 bits per heavy atom. The van der Waals surface area contributed by atoms with Crippen LogP contribution in [0, 0.1) is 17.0 Å². The van der Waals surface area contributed by atoms with Crippen molar-refractivity contribution in [2.75, 3.05) is 7.11 Å². The largest absolute Gasteiger partial charge is 0.469 e. The minimum atomic E-state index is -1.01. The Morgan fingerprint density at radius 1 is 1.59 bits per heavy atom. The van der Waals surface area contributed by atoms with Gasteiger partial charge >= 0.3 is 5.97 Å². The standard InChI is InChI=1S/C11H13NO5/c1-7-5-8(3-4-9(7)12(15)16)10(13)6-11(14)17-2/h3-5,10,13H,6H2,1-2H3/t10-/m1/s1. The zero-order chi connectivity index (χ0) is 13.0. The average Bonchev–Trinajstić information content (AvgIpc) is 2.28. The van der Waals surface area contributed by atoms with Crippen LogP contribution in [-0.2, 0) is 9.53 Å². The number of hydrogen-bond acceptors (Lipinski definition) is 5. The monoisotopic (exact) mass is 239 g/mol. The van der Waals surface area contributed by atoms with Gasteiger partial charge in [-0.25, -0.2) is 0 Å². The molecule has 17 heavy (non-hydrogen) atoms. The molecule has 0 aliphatic rings. The van der Waals surface area contributed by atoms with Crippen molar-refractivity contribution in [2.45, 2.75) is 19.4 Å². The van der Waals surface area contributed by atoms with Crippen molar-refractivity contribution in [1.82, 2.24) is 0 Å². The van der Waals surface area contributed by atoms with Gasteiger partial charge in [0.05, 0.1) is 24.6 Å². The molecule has 0 bridgehead atoms. The van der Waals surface area contributed by atoms with E-state index in [0.29, 0.717) is 11.1 Å². The fourth-order valence-electron chi connectivity index (χ4n) is 1.45. The highest BCUT2D eigenvalue weighted by Gasteiger charge is 2.16. The van der Waals surface area contributed by atoms with Crippen LogP contribution in [-0.4, -0.2) is 23.1 Å². The summed E-state index contributed by atoms with van der Waals surface area (Å²) in [4.78, 5) is 21.1. The molecule has 0 fully saturated rings. The van der Waals surface area contributed by atoms with Gasteiger partial charge in [0.1, 0.15) is 0 Å². The minimum Gasteiger partial charge on any atom is -0.469 e. The van der Waals surface area contributed by atoms with E-state index >= 15 is 0 Å². The van der Waals surface area contributed by atoms with Gasteiger partial charge in [-0.05, 0) is 24.6 Å². The molecular formula is C11H13NO5. The quantitative estimate of drug-likeness (QED) is 0.488. The van der Waals surface area contributed by atoms with Crippen LogP contribution >= 0.6 is 0 Å². The zero-order valence-corrected chi connectivity index (χ0v) is 9.54. The number of aliphatic hydroxyl groups is 1. The van der Waals surface area contributed by atoms with Gasteiger partial charge in [-0.1, -0.05) is 0 Å². The highest BCUT2D eigenvalue weighted by Crippen LogP contribution is 2.24. The lowest BCUT2D eigenvalue weighted by Crippen LogP contribution is -2.08. The van der Waals surface area contributed by atoms with Gasteiger partial charge in [0.25, 0.3) is 5.69 Å². The minimum absolute atomic E-state index is 0.0148. The Labute approximate surface area is 98.0 Å². The summed E-state index contributed by atoms with van der Waals surface area (Å²) in [5, 5.41) is 20.3. The van der Waals surface area contributed by atoms with Crippen molar-refractivity contribution in [3.05, 3.63) is 39.4 Å². The summed E-state index contributed by atoms with van der Waals surface area (Å²) in [5.74, 6) is -0.534. The summed E-state index contributed by atoms with van der Waals surface area (Å²) in [5.41, 5.74) is 0.883. The lowest BCUT2D eigenvalue weighted by molar-refractivity contribution is -0.385. The van der Waals surface area contributed by atoms with Crippen LogP contribution in [0.25, 0.3) is 0 Å². The second kappa shape index (κ2) is 5.40. The van der Waals surface area contributed by atoms with Gasteiger partial charge in [0, 0.05) is 11.6 Å². The summed E-state index contributed by atoms with van der Waals surface area (Å²) >= 11 is 0. The van der Waals surface area contributed by atoms with Crippen LogP contribution in [0.2, 0.25) is 0 Å². The van der Waals surface area contributed by atoms with E-state index in [1.165, 1.54) is 25.3 Å². The Kier molecular flexibility index (Phi) is 4.17. The summed E-state index contributed by atoms with van der Waals surface area (Å²) in [6.07, 6.45) is -1.18. The third-order valence-electron chi connectivity index (χ3n) is 2.39. The normalized spacial score (nSPS) is 11.9. The number of aryl methyl sites for hydroxylation is 1. The molecule has 0 saturated heterocycles. The molecule has 0 radical (unpaired) electrons. The Hall–Kier alpha value is -1.95. The van der Waals surface area contributed by atoms with E-state index in [0.717, 1.165) is 0 Å². The number of nitro benzene ring substituents is 1. The van der Waals surface area contributed by atoms with E-state index in [9.17, 15) is 20.0 Å². The first kappa shape index (κ1) is 13.1. The van der Waals surface area contributed by atoms with Crippen molar-refractivity contribution < 1.29 is 19.6 Å². The first-order valence-electron chi connectivity index (χ1n) is 4.95. The molecule has 1 aromatic rings. The Morgan fingerprint density at radius 2 is 2.24 bits per heavy atom. The molecule has 92 valence electrons. The third-order valence-corrected chi connectivity index (χ3v) is 2.39. The fraction of sp³-hybridized carbons (Fsp3) is 0.364. The van der Waals surface area contributed by atoms with E-state index < -0.39 is 17.0 Å². The van der Waals surface area contributed by atoms with Gasteiger partial charge in [-0.15, -0.1) is 0 Å². The molecule has 1 N–H and O–H groups in total. The molecule has 0 unspecified atom stereocenters. The van der Waals surface area contributed by atoms with Crippen LogP contribution in [0.1, 0.15) is 23.7 Å². The van der Waals surface area contributed by atoms with Crippen molar-refractivity contribution in [3.63, 3.8) is 0 Å². The predicted molar refractivity (Wildman–Crippen MR) is 59.4 cm³/mol. The number of hydrogen-bond donors (Lipinski definition) is 1. The number of benzene rings is 1. The van der Waals surface area contributed by atoms with Crippen LogP contribution in [0.5, 0.6) is 0 Å². The first-order chi connectivity index (χ1) is 7.95. The summed E-state index contributed by atoms with van der Waals surface area (Å²) in [7, 11) is 1.23. The maximum atomic E-state index is 11.0. The SMILES string of the molecule is COC(=O)C[C@@H](O)c1ccc([N+](=O)[O-])c(C)c1. The van der Waals surface area contributed by atoms with Crippen LogP contribution in [0.4, 0.5) is 5.69 Å². The molecule has 0 amide bonds. The molecular weight excluding hydrogens is 226 g/mol. The van der Waals surface area contributed by atoms with Crippen molar-refractivity contribution in [3.8, 4) is 0 Å². The van der Waals surface area contributed by atoms with Gasteiger partial charge in [-0.3, -0.25) is 14.9 Å². The van der Waals surface area contributed by atoms with Crippen molar-refractivity contribution in [2.24, 2.45) is 0 Å². The molecule has 0 aromatic heterocycles. The topological polar surface area (TPSA) is 89.7 Å². The summed E-state index contributed by atoms with van der Waals surface area (Å²) < 4.78 is 4.43. The molecule has 1 rings (SSSR count). The van der Waals surface area contributed by atoms with E-state index in [1.54, 1.807) is 6.92 Å². The molecule has 1 atom stereocenters. The number of rotatable bonds is 4. The van der Waals surface area contributed by atoms with Gasteiger partial charge in [-0.2, -0.15) is 0 Å². The van der Waals surface area contributed by atoms with Crippen molar-refractivity contribution >= 4 is 11.7 Å². The molecule has 6 heteroatoms. The lowest BCUT2D eigenvalue weighted by atomic mass is 10.0. The first-order valence-corrected chi connectivity index (χ1v) is 4.95. The molecule has 1 aromatic carbocycles. The average molecular weight is 239 g/mol. The van der Waals surface area contributed by atoms with Crippen LogP contribution < -0.4 is 0 Å². The van der Waals surface area contributed by atoms with Gasteiger partial charge in [0.15, 0.2) is 0 Å². The number of esters is 1. The smallest absolute Gasteiger partial charge is 0.308 e. The van der Waals surface area contributed by atoms with Crippen LogP contribution in [0.15, 0.2) is 18.2 Å². The third kappa shape index (κ3) is 3.25. The highest BCUT2D eigenvalue weighted by molar-refractivity contribution is 5.70. The second-order valence-electron chi connectivity index (χ2n) is 3.60. The highest BCUT2D eigenvalue weighted by atomic mass is 16.6. The van der Waals surface area contributed by atoms with Gasteiger partial charge < -0.3 is 9.84 Å². The summed E-state index contributed by atoms with van der Waals surface area (Å²) in [6.45, 7) is 1.58. The molecule has 0 aliphatic carbocycles. The number of nitro groups is 1. The molecule has 0 aliphatic heterocycles. The fourth-order valence-corrected chi connectivity index (χ4v) is 1.45. The second-order valence-corrected chi connectivity index (χ2v) is 3.60. The Bertz CT molecular complexity index is 443. The number of ether oxygens (including phenoxy) is 1. The molecule has 0 spiro atoms. The predicted octanol–water partition coefficient (Wildman–Crippen LogP) is 1.50. The number of carbonyl (C=O) groups is 1. The zero-order valence-electron chi connectivity index (χ0n) is 9.54. The van der Waals surface area contributed by atoms with E-state index in [2.05, 4.69) is 4.74 Å². The van der Waals surface area contributed by atoms with E-state index in [1.807, 2.05) is 0 Å². The van der Waals surface area contributed by atoms with Crippen molar-refractivity contribution in [1.29, 1.82) is 0 Å². The Balaban J connectivity index is 2.89. The number of aliphatic hydroxyl groups excluding tert-OH is 1. The van der Waals surface area contributed by atoms with E-state index in [4.69, 9.17) is 0 Å². The number of carbonyl (C=O) groups excluding carboxylic acids is 1. The van der Waals surface area contributed by atoms with Gasteiger partial charge in [0.2, 0.25) is 0 Å². The lowest BCUT2D eigenvalue weighted by Gasteiger charge is -2.10. The van der Waals surface area contributed by atoms with Crippen LogP contribution in [0.3, 0.4) is 0 Å². The maximum absolute atomic E-state index is 11.0. The van der Waals surface area contributed by atoms with E-state index in [-0.39, 0.29) is 12.1 Å².